The zero-order valence-electron chi connectivity index (χ0n) is 10.9. The fourth-order valence-electron chi connectivity index (χ4n) is 1.57. The second-order valence-electron chi connectivity index (χ2n) is 4.40. The minimum atomic E-state index is -4.14. The normalized spacial score (nSPS) is 14.8. The van der Waals surface area contributed by atoms with Crippen LogP contribution >= 0.6 is 11.6 Å². The van der Waals surface area contributed by atoms with E-state index in [1.54, 1.807) is 13.8 Å². The topological polar surface area (TPSA) is 83.5 Å². The van der Waals surface area contributed by atoms with E-state index in [1.165, 1.54) is 0 Å². The van der Waals surface area contributed by atoms with E-state index in [9.17, 15) is 17.6 Å². The van der Waals surface area contributed by atoms with Crippen molar-refractivity contribution in [3.05, 3.63) is 29.0 Å². The second kappa shape index (κ2) is 6.51. The van der Waals surface area contributed by atoms with Crippen molar-refractivity contribution in [3.8, 4) is 0 Å². The number of sulfonamides is 1. The molecule has 2 N–H and O–H groups in total. The van der Waals surface area contributed by atoms with Crippen LogP contribution < -0.4 is 4.72 Å². The Bertz CT molecular complexity index is 605. The molecule has 0 aliphatic rings. The zero-order valence-corrected chi connectivity index (χ0v) is 12.5. The van der Waals surface area contributed by atoms with Crippen LogP contribution in [0.2, 0.25) is 5.02 Å². The Balaban J connectivity index is 3.13. The second-order valence-corrected chi connectivity index (χ2v) is 6.49. The van der Waals surface area contributed by atoms with E-state index in [0.29, 0.717) is 6.42 Å². The van der Waals surface area contributed by atoms with Crippen LogP contribution in [-0.2, 0) is 14.8 Å². The summed E-state index contributed by atoms with van der Waals surface area (Å²) in [5, 5.41) is 8.78. The van der Waals surface area contributed by atoms with Gasteiger partial charge in [0.25, 0.3) is 0 Å². The highest BCUT2D eigenvalue weighted by Gasteiger charge is 2.30. The lowest BCUT2D eigenvalue weighted by atomic mass is 10.0. The number of benzene rings is 1. The predicted octanol–water partition coefficient (Wildman–Crippen LogP) is 2.26. The molecular formula is C12H15ClFNO4S. The minimum absolute atomic E-state index is 0.300. The summed E-state index contributed by atoms with van der Waals surface area (Å²) in [7, 11) is -4.14. The largest absolute Gasteiger partial charge is 0.480 e. The smallest absolute Gasteiger partial charge is 0.322 e. The van der Waals surface area contributed by atoms with Crippen molar-refractivity contribution in [2.75, 3.05) is 0 Å². The van der Waals surface area contributed by atoms with Gasteiger partial charge in [-0.25, -0.2) is 12.8 Å². The number of hydrogen-bond donors (Lipinski definition) is 2. The van der Waals surface area contributed by atoms with E-state index in [0.717, 1.165) is 18.2 Å². The van der Waals surface area contributed by atoms with Gasteiger partial charge in [-0.05, 0) is 24.1 Å². The van der Waals surface area contributed by atoms with Gasteiger partial charge in [0.05, 0.1) is 5.02 Å². The number of hydrogen-bond acceptors (Lipinski definition) is 3. The van der Waals surface area contributed by atoms with Gasteiger partial charge in [-0.2, -0.15) is 4.72 Å². The van der Waals surface area contributed by atoms with E-state index in [4.69, 9.17) is 16.7 Å². The minimum Gasteiger partial charge on any atom is -0.480 e. The summed E-state index contributed by atoms with van der Waals surface area (Å²) in [4.78, 5) is 10.8. The molecule has 0 aliphatic carbocycles. The Hall–Kier alpha value is -1.18. The third kappa shape index (κ3) is 3.91. The van der Waals surface area contributed by atoms with Gasteiger partial charge >= 0.3 is 5.97 Å². The van der Waals surface area contributed by atoms with Gasteiger partial charge in [0.15, 0.2) is 0 Å². The number of rotatable bonds is 6. The summed E-state index contributed by atoms with van der Waals surface area (Å²) in [6.45, 7) is 3.37. The lowest BCUT2D eigenvalue weighted by Gasteiger charge is -2.20. The molecule has 0 bridgehead atoms. The Kier molecular flexibility index (Phi) is 5.50. The maximum atomic E-state index is 12.9. The quantitative estimate of drug-likeness (QED) is 0.841. The van der Waals surface area contributed by atoms with Crippen molar-refractivity contribution in [2.45, 2.75) is 31.2 Å². The van der Waals surface area contributed by atoms with Crippen LogP contribution in [0.1, 0.15) is 20.3 Å². The molecular weight excluding hydrogens is 309 g/mol. The Morgan fingerprint density at radius 3 is 2.55 bits per heavy atom. The summed E-state index contributed by atoms with van der Waals surface area (Å²) in [5.41, 5.74) is 0. The predicted molar refractivity (Wildman–Crippen MR) is 72.6 cm³/mol. The molecule has 1 rings (SSSR count). The Morgan fingerprint density at radius 1 is 1.50 bits per heavy atom. The molecule has 0 saturated carbocycles. The lowest BCUT2D eigenvalue weighted by molar-refractivity contribution is -0.140. The maximum absolute atomic E-state index is 12.9. The summed E-state index contributed by atoms with van der Waals surface area (Å²) in [6.07, 6.45) is 0.483. The van der Waals surface area contributed by atoms with Crippen LogP contribution in [0.15, 0.2) is 23.1 Å². The van der Waals surface area contributed by atoms with Crippen molar-refractivity contribution in [1.29, 1.82) is 0 Å². The van der Waals surface area contributed by atoms with Crippen LogP contribution in [0.5, 0.6) is 0 Å². The van der Waals surface area contributed by atoms with Crippen LogP contribution in [0.4, 0.5) is 4.39 Å². The molecule has 8 heteroatoms. The van der Waals surface area contributed by atoms with Crippen molar-refractivity contribution < 1.29 is 22.7 Å². The van der Waals surface area contributed by atoms with Gasteiger partial charge in [-0.1, -0.05) is 31.9 Å². The van der Waals surface area contributed by atoms with E-state index >= 15 is 0 Å². The molecule has 2 unspecified atom stereocenters. The molecule has 112 valence electrons. The molecule has 0 amide bonds. The molecule has 1 aromatic rings. The molecule has 2 atom stereocenters. The van der Waals surface area contributed by atoms with Crippen LogP contribution in [0.3, 0.4) is 0 Å². The summed E-state index contributed by atoms with van der Waals surface area (Å²) in [6, 6.07) is 1.52. The maximum Gasteiger partial charge on any atom is 0.322 e. The van der Waals surface area contributed by atoms with Crippen LogP contribution in [0, 0.1) is 11.7 Å². The fourth-order valence-corrected chi connectivity index (χ4v) is 3.40. The van der Waals surface area contributed by atoms with Gasteiger partial charge in [0, 0.05) is 0 Å². The summed E-state index contributed by atoms with van der Waals surface area (Å²) in [5.74, 6) is -2.35. The molecule has 0 fully saturated rings. The lowest BCUT2D eigenvalue weighted by Crippen LogP contribution is -2.44. The molecule has 1 aromatic carbocycles. The van der Waals surface area contributed by atoms with E-state index < -0.39 is 33.8 Å². The highest BCUT2D eigenvalue weighted by Crippen LogP contribution is 2.23. The summed E-state index contributed by atoms with van der Waals surface area (Å²) >= 11 is 5.68. The first-order valence-corrected chi connectivity index (χ1v) is 7.75. The molecule has 0 spiro atoms. The van der Waals surface area contributed by atoms with Crippen molar-refractivity contribution in [2.24, 2.45) is 5.92 Å². The van der Waals surface area contributed by atoms with Crippen molar-refractivity contribution in [3.63, 3.8) is 0 Å². The highest BCUT2D eigenvalue weighted by molar-refractivity contribution is 7.89. The number of carboxylic acid groups (broad SMARTS) is 1. The van der Waals surface area contributed by atoms with E-state index in [2.05, 4.69) is 4.72 Å². The first-order valence-electron chi connectivity index (χ1n) is 5.89. The highest BCUT2D eigenvalue weighted by atomic mass is 35.5. The van der Waals surface area contributed by atoms with Gasteiger partial charge in [0.2, 0.25) is 10.0 Å². The third-order valence-electron chi connectivity index (χ3n) is 2.94. The first-order chi connectivity index (χ1) is 9.19. The van der Waals surface area contributed by atoms with E-state index in [1.807, 2.05) is 0 Å². The molecule has 20 heavy (non-hydrogen) atoms. The number of carbonyl (C=O) groups is 1. The van der Waals surface area contributed by atoms with Gasteiger partial charge in [-0.3, -0.25) is 4.79 Å². The number of nitrogens with one attached hydrogen (secondary N) is 1. The van der Waals surface area contributed by atoms with Gasteiger partial charge in [-0.15, -0.1) is 0 Å². The number of carboxylic acids is 1. The molecule has 0 heterocycles. The van der Waals surface area contributed by atoms with Crippen molar-refractivity contribution in [1.82, 2.24) is 4.72 Å². The van der Waals surface area contributed by atoms with Crippen molar-refractivity contribution >= 4 is 27.6 Å². The van der Waals surface area contributed by atoms with Crippen LogP contribution in [-0.4, -0.2) is 25.5 Å². The molecule has 5 nitrogen and oxygen atoms in total. The molecule has 0 aliphatic heterocycles. The monoisotopic (exact) mass is 323 g/mol. The summed E-state index contributed by atoms with van der Waals surface area (Å²) < 4.78 is 39.2. The molecule has 0 saturated heterocycles. The SMILES string of the molecule is CCC(C)C(NS(=O)(=O)c1ccc(F)cc1Cl)C(=O)O. The van der Waals surface area contributed by atoms with Crippen LogP contribution in [0.25, 0.3) is 0 Å². The number of aliphatic carboxylic acids is 1. The molecule has 0 aromatic heterocycles. The standard InChI is InChI=1S/C12H15ClFNO4S/c1-3-7(2)11(12(16)17)15-20(18,19)10-5-4-8(14)6-9(10)13/h4-7,11,15H,3H2,1-2H3,(H,16,17). The van der Waals surface area contributed by atoms with Gasteiger partial charge < -0.3 is 5.11 Å². The molecule has 0 radical (unpaired) electrons. The average Bonchev–Trinajstić information content (AvgIpc) is 2.34. The first kappa shape index (κ1) is 16.9. The number of halogens is 2. The fraction of sp³-hybridized carbons (Fsp3) is 0.417. The average molecular weight is 324 g/mol. The third-order valence-corrected chi connectivity index (χ3v) is 4.87. The Labute approximate surface area is 121 Å². The van der Waals surface area contributed by atoms with Gasteiger partial charge in [0.1, 0.15) is 16.8 Å². The zero-order chi connectivity index (χ0) is 15.5. The van der Waals surface area contributed by atoms with E-state index in [-0.39, 0.29) is 9.92 Å². The Morgan fingerprint density at radius 2 is 2.10 bits per heavy atom.